The Labute approximate surface area is 101 Å². The molecule has 0 saturated carbocycles. The Morgan fingerprint density at radius 3 is 2.59 bits per heavy atom. The highest BCUT2D eigenvalue weighted by Crippen LogP contribution is 2.29. The number of rotatable bonds is 4. The summed E-state index contributed by atoms with van der Waals surface area (Å²) in [5.74, 6) is 0.503. The Kier molecular flexibility index (Phi) is 3.97. The number of aryl methyl sites for hydroxylation is 1. The van der Waals surface area contributed by atoms with Gasteiger partial charge in [-0.15, -0.1) is 0 Å². The third kappa shape index (κ3) is 3.64. The molecule has 0 unspecified atom stereocenters. The highest BCUT2D eigenvalue weighted by Gasteiger charge is 2.12. The summed E-state index contributed by atoms with van der Waals surface area (Å²) in [6.45, 7) is 3.48. The molecular formula is C11H14N2O3S. The molecule has 1 aromatic rings. The van der Waals surface area contributed by atoms with Crippen LogP contribution in [0.5, 0.6) is 5.75 Å². The van der Waals surface area contributed by atoms with Crippen LogP contribution in [0.2, 0.25) is 0 Å². The molecule has 92 valence electrons. The zero-order valence-electron chi connectivity index (χ0n) is 9.94. The molecule has 0 heterocycles. The summed E-state index contributed by atoms with van der Waals surface area (Å²) in [4.78, 5) is 0. The van der Waals surface area contributed by atoms with Crippen LogP contribution in [-0.4, -0.2) is 21.3 Å². The van der Waals surface area contributed by atoms with E-state index < -0.39 is 10.0 Å². The molecule has 0 bridgehead atoms. The molecule has 6 heteroatoms. The molecule has 0 aliphatic carbocycles. The largest absolute Gasteiger partial charge is 0.478 e. The average molecular weight is 254 g/mol. The molecule has 0 saturated heterocycles. The zero-order valence-corrected chi connectivity index (χ0v) is 10.8. The van der Waals surface area contributed by atoms with E-state index in [4.69, 9.17) is 10.00 Å². The summed E-state index contributed by atoms with van der Waals surface area (Å²) in [7, 11) is -3.33. The number of nitrogens with zero attached hydrogens (tertiary/aromatic N) is 1. The van der Waals surface area contributed by atoms with Crippen molar-refractivity contribution in [3.63, 3.8) is 0 Å². The highest BCUT2D eigenvalue weighted by atomic mass is 32.2. The SMILES string of the molecule is Cc1ccc(OCC#N)c(C)c1NS(C)(=O)=O. The lowest BCUT2D eigenvalue weighted by molar-refractivity contribution is 0.366. The fourth-order valence-electron chi connectivity index (χ4n) is 1.44. The summed E-state index contributed by atoms with van der Waals surface area (Å²) in [5, 5.41) is 8.44. The van der Waals surface area contributed by atoms with Crippen molar-refractivity contribution < 1.29 is 13.2 Å². The van der Waals surface area contributed by atoms with Gasteiger partial charge in [0.25, 0.3) is 0 Å². The van der Waals surface area contributed by atoms with Crippen LogP contribution >= 0.6 is 0 Å². The molecule has 0 fully saturated rings. The second kappa shape index (κ2) is 5.06. The minimum atomic E-state index is -3.33. The van der Waals surface area contributed by atoms with Gasteiger partial charge in [-0.2, -0.15) is 5.26 Å². The van der Waals surface area contributed by atoms with E-state index in [2.05, 4.69) is 4.72 Å². The van der Waals surface area contributed by atoms with Gasteiger partial charge in [0.15, 0.2) is 6.61 Å². The lowest BCUT2D eigenvalue weighted by Crippen LogP contribution is -2.12. The quantitative estimate of drug-likeness (QED) is 0.884. The lowest BCUT2D eigenvalue weighted by Gasteiger charge is -2.14. The standard InChI is InChI=1S/C11H14N2O3S/c1-8-4-5-10(16-7-6-12)9(2)11(8)13-17(3,14)15/h4-5,13H,7H2,1-3H3. The number of benzene rings is 1. The number of hydrogen-bond acceptors (Lipinski definition) is 4. The van der Waals surface area contributed by atoms with Crippen molar-refractivity contribution in [2.45, 2.75) is 13.8 Å². The number of nitriles is 1. The minimum absolute atomic E-state index is 0.0672. The van der Waals surface area contributed by atoms with Crippen molar-refractivity contribution in [1.82, 2.24) is 0 Å². The number of sulfonamides is 1. The predicted molar refractivity (Wildman–Crippen MR) is 65.5 cm³/mol. The Morgan fingerprint density at radius 2 is 2.06 bits per heavy atom. The van der Waals surface area contributed by atoms with Gasteiger partial charge in [-0.25, -0.2) is 8.42 Å². The van der Waals surface area contributed by atoms with Gasteiger partial charge < -0.3 is 4.74 Å². The second-order valence-corrected chi connectivity index (χ2v) is 5.45. The third-order valence-electron chi connectivity index (χ3n) is 2.20. The average Bonchev–Trinajstić information content (AvgIpc) is 2.22. The maximum atomic E-state index is 11.2. The molecule has 5 nitrogen and oxygen atoms in total. The first kappa shape index (κ1) is 13.3. The van der Waals surface area contributed by atoms with E-state index in [1.165, 1.54) is 0 Å². The molecule has 17 heavy (non-hydrogen) atoms. The van der Waals surface area contributed by atoms with E-state index >= 15 is 0 Å². The molecule has 1 rings (SSSR count). The normalized spacial score (nSPS) is 10.7. The first-order chi connectivity index (χ1) is 7.85. The van der Waals surface area contributed by atoms with Crippen LogP contribution in [0, 0.1) is 25.2 Å². The first-order valence-electron chi connectivity index (χ1n) is 4.93. The molecule has 0 spiro atoms. The van der Waals surface area contributed by atoms with Crippen LogP contribution in [0.1, 0.15) is 11.1 Å². The van der Waals surface area contributed by atoms with E-state index in [-0.39, 0.29) is 6.61 Å². The van der Waals surface area contributed by atoms with E-state index in [1.54, 1.807) is 26.0 Å². The minimum Gasteiger partial charge on any atom is -0.478 e. The fourth-order valence-corrected chi connectivity index (χ4v) is 2.12. The molecule has 0 aliphatic heterocycles. The third-order valence-corrected chi connectivity index (χ3v) is 2.78. The zero-order chi connectivity index (χ0) is 13.1. The molecule has 1 aromatic carbocycles. The van der Waals surface area contributed by atoms with E-state index in [1.807, 2.05) is 6.07 Å². The monoisotopic (exact) mass is 254 g/mol. The maximum absolute atomic E-state index is 11.2. The lowest BCUT2D eigenvalue weighted by atomic mass is 10.1. The summed E-state index contributed by atoms with van der Waals surface area (Å²) in [6, 6.07) is 5.33. The number of hydrogen-bond donors (Lipinski definition) is 1. The summed E-state index contributed by atoms with van der Waals surface area (Å²) >= 11 is 0. The summed E-state index contributed by atoms with van der Waals surface area (Å²) in [5.41, 5.74) is 1.98. The Bertz CT molecular complexity index is 559. The topological polar surface area (TPSA) is 79.2 Å². The highest BCUT2D eigenvalue weighted by molar-refractivity contribution is 7.92. The van der Waals surface area contributed by atoms with Gasteiger partial charge in [-0.3, -0.25) is 4.72 Å². The second-order valence-electron chi connectivity index (χ2n) is 3.70. The number of nitrogens with one attached hydrogen (secondary N) is 1. The Hall–Kier alpha value is -1.74. The van der Waals surface area contributed by atoms with Crippen LogP contribution in [-0.2, 0) is 10.0 Å². The molecular weight excluding hydrogens is 240 g/mol. The van der Waals surface area contributed by atoms with E-state index in [0.717, 1.165) is 11.8 Å². The maximum Gasteiger partial charge on any atom is 0.229 e. The molecule has 1 N–H and O–H groups in total. The Morgan fingerprint density at radius 1 is 1.41 bits per heavy atom. The molecule has 0 atom stereocenters. The molecule has 0 aliphatic rings. The van der Waals surface area contributed by atoms with Gasteiger partial charge in [0.2, 0.25) is 10.0 Å². The van der Waals surface area contributed by atoms with Crippen molar-refractivity contribution in [3.05, 3.63) is 23.3 Å². The molecule has 0 radical (unpaired) electrons. The summed E-state index contributed by atoms with van der Waals surface area (Å²) < 4.78 is 30.1. The predicted octanol–water partition coefficient (Wildman–Crippen LogP) is 1.58. The van der Waals surface area contributed by atoms with Crippen molar-refractivity contribution in [2.24, 2.45) is 0 Å². The van der Waals surface area contributed by atoms with Gasteiger partial charge in [0.1, 0.15) is 11.8 Å². The smallest absolute Gasteiger partial charge is 0.229 e. The van der Waals surface area contributed by atoms with Crippen LogP contribution in [0.25, 0.3) is 0 Å². The van der Waals surface area contributed by atoms with Crippen LogP contribution < -0.4 is 9.46 Å². The van der Waals surface area contributed by atoms with Gasteiger partial charge >= 0.3 is 0 Å². The van der Waals surface area contributed by atoms with Crippen molar-refractivity contribution in [1.29, 1.82) is 5.26 Å². The number of anilines is 1. The van der Waals surface area contributed by atoms with Crippen LogP contribution in [0.15, 0.2) is 12.1 Å². The van der Waals surface area contributed by atoms with Crippen molar-refractivity contribution in [3.8, 4) is 11.8 Å². The molecule has 0 aromatic heterocycles. The van der Waals surface area contributed by atoms with Crippen LogP contribution in [0.4, 0.5) is 5.69 Å². The fraction of sp³-hybridized carbons (Fsp3) is 0.364. The summed E-state index contributed by atoms with van der Waals surface area (Å²) in [6.07, 6.45) is 1.09. The van der Waals surface area contributed by atoms with E-state index in [0.29, 0.717) is 17.0 Å². The van der Waals surface area contributed by atoms with Crippen molar-refractivity contribution in [2.75, 3.05) is 17.6 Å². The Balaban J connectivity index is 3.16. The molecule has 0 amide bonds. The van der Waals surface area contributed by atoms with Gasteiger partial charge in [-0.05, 0) is 25.5 Å². The van der Waals surface area contributed by atoms with Gasteiger partial charge in [-0.1, -0.05) is 6.07 Å². The van der Waals surface area contributed by atoms with Crippen molar-refractivity contribution >= 4 is 15.7 Å². The number of ether oxygens (including phenoxy) is 1. The van der Waals surface area contributed by atoms with Gasteiger partial charge in [0.05, 0.1) is 11.9 Å². The first-order valence-corrected chi connectivity index (χ1v) is 6.82. The van der Waals surface area contributed by atoms with E-state index in [9.17, 15) is 8.42 Å². The van der Waals surface area contributed by atoms with Gasteiger partial charge in [0, 0.05) is 5.56 Å². The van der Waals surface area contributed by atoms with Crippen LogP contribution in [0.3, 0.4) is 0 Å².